The minimum atomic E-state index is -3.47. The van der Waals surface area contributed by atoms with Crippen LogP contribution in [0.4, 0.5) is 0 Å². The first-order chi connectivity index (χ1) is 9.55. The van der Waals surface area contributed by atoms with Crippen LogP contribution in [-0.4, -0.2) is 37.0 Å². The van der Waals surface area contributed by atoms with E-state index in [0.717, 1.165) is 32.2 Å². The second kappa shape index (κ2) is 6.69. The maximum Gasteiger partial charge on any atom is 0.257 e. The summed E-state index contributed by atoms with van der Waals surface area (Å²) >= 11 is 0. The quantitative estimate of drug-likeness (QED) is 0.736. The maximum absolute atomic E-state index is 12.2. The number of rotatable bonds is 6. The predicted molar refractivity (Wildman–Crippen MR) is 78.0 cm³/mol. The lowest BCUT2D eigenvalue weighted by molar-refractivity contribution is 0.333. The third-order valence-corrected chi connectivity index (χ3v) is 5.20. The second-order valence-corrected chi connectivity index (χ2v) is 6.96. The molecule has 1 aromatic rings. The number of aromatic nitrogens is 2. The number of aromatic amines is 1. The van der Waals surface area contributed by atoms with E-state index in [-0.39, 0.29) is 11.1 Å². The van der Waals surface area contributed by atoms with E-state index in [1.807, 2.05) is 6.92 Å². The van der Waals surface area contributed by atoms with Gasteiger partial charge in [0.2, 0.25) is 0 Å². The molecular formula is C13H24N4O2S. The van der Waals surface area contributed by atoms with Gasteiger partial charge in [0.1, 0.15) is 5.82 Å². The molecule has 0 aromatic carbocycles. The third kappa shape index (κ3) is 3.80. The van der Waals surface area contributed by atoms with Gasteiger partial charge in [-0.1, -0.05) is 13.8 Å². The first-order valence-electron chi connectivity index (χ1n) is 7.34. The van der Waals surface area contributed by atoms with Gasteiger partial charge in [-0.2, -0.15) is 0 Å². The Bertz CT molecular complexity index is 518. The van der Waals surface area contributed by atoms with Crippen LogP contribution in [0.1, 0.15) is 45.4 Å². The third-order valence-electron chi connectivity index (χ3n) is 3.77. The molecule has 1 saturated carbocycles. The number of hydrogen-bond donors (Lipinski definition) is 3. The fraction of sp³-hybridized carbons (Fsp3) is 0.769. The van der Waals surface area contributed by atoms with Crippen molar-refractivity contribution in [3.63, 3.8) is 0 Å². The topological polar surface area (TPSA) is 86.9 Å². The standard InChI is InChI=1S/C13H24N4O2S/c1-3-12-15-9-13(16-12)20(18,19)17-11-7-5-10(6-8-11)14-4-2/h9-11,14,17H,3-8H2,1-2H3,(H,15,16). The van der Waals surface area contributed by atoms with Crippen LogP contribution in [-0.2, 0) is 16.4 Å². The highest BCUT2D eigenvalue weighted by atomic mass is 32.2. The fourth-order valence-corrected chi connectivity index (χ4v) is 3.89. The molecule has 1 aliphatic carbocycles. The van der Waals surface area contributed by atoms with E-state index < -0.39 is 10.0 Å². The summed E-state index contributed by atoms with van der Waals surface area (Å²) in [7, 11) is -3.47. The maximum atomic E-state index is 12.2. The average Bonchev–Trinajstić information content (AvgIpc) is 2.91. The van der Waals surface area contributed by atoms with Gasteiger partial charge in [-0.15, -0.1) is 0 Å². The van der Waals surface area contributed by atoms with E-state index in [1.54, 1.807) is 0 Å². The van der Waals surface area contributed by atoms with E-state index in [0.29, 0.717) is 18.3 Å². The lowest BCUT2D eigenvalue weighted by Gasteiger charge is -2.29. The molecule has 1 heterocycles. The van der Waals surface area contributed by atoms with Crippen LogP contribution in [0.5, 0.6) is 0 Å². The molecule has 0 atom stereocenters. The van der Waals surface area contributed by atoms with Gasteiger partial charge in [0.05, 0.1) is 6.20 Å². The van der Waals surface area contributed by atoms with E-state index in [4.69, 9.17) is 0 Å². The normalized spacial score (nSPS) is 23.9. The lowest BCUT2D eigenvalue weighted by Crippen LogP contribution is -2.42. The monoisotopic (exact) mass is 300 g/mol. The Morgan fingerprint density at radius 3 is 2.45 bits per heavy atom. The number of H-pyrrole nitrogens is 1. The molecule has 20 heavy (non-hydrogen) atoms. The van der Waals surface area contributed by atoms with Crippen LogP contribution in [0.25, 0.3) is 0 Å². The number of nitrogens with one attached hydrogen (secondary N) is 3. The van der Waals surface area contributed by atoms with Crippen molar-refractivity contribution in [3.05, 3.63) is 12.0 Å². The molecule has 3 N–H and O–H groups in total. The minimum absolute atomic E-state index is 0.0308. The smallest absolute Gasteiger partial charge is 0.257 e. The number of sulfonamides is 1. The van der Waals surface area contributed by atoms with Crippen LogP contribution < -0.4 is 10.0 Å². The van der Waals surface area contributed by atoms with E-state index in [2.05, 4.69) is 26.9 Å². The summed E-state index contributed by atoms with van der Waals surface area (Å²) in [6, 6.07) is 0.558. The second-order valence-electron chi connectivity index (χ2n) is 5.28. The van der Waals surface area contributed by atoms with Gasteiger partial charge in [0.25, 0.3) is 10.0 Å². The summed E-state index contributed by atoms with van der Waals surface area (Å²) in [5.41, 5.74) is 0. The Labute approximate surface area is 120 Å². The van der Waals surface area contributed by atoms with E-state index in [1.165, 1.54) is 6.20 Å². The molecule has 6 nitrogen and oxygen atoms in total. The van der Waals surface area contributed by atoms with Gasteiger partial charge >= 0.3 is 0 Å². The van der Waals surface area contributed by atoms with Crippen molar-refractivity contribution in [1.82, 2.24) is 20.0 Å². The minimum Gasteiger partial charge on any atom is -0.332 e. The molecule has 0 radical (unpaired) electrons. The molecule has 1 aromatic heterocycles. The molecule has 0 amide bonds. The molecule has 0 bridgehead atoms. The zero-order valence-electron chi connectivity index (χ0n) is 12.1. The van der Waals surface area contributed by atoms with Gasteiger partial charge in [0.15, 0.2) is 5.03 Å². The lowest BCUT2D eigenvalue weighted by atomic mass is 9.92. The van der Waals surface area contributed by atoms with Crippen LogP contribution in [0.3, 0.4) is 0 Å². The summed E-state index contributed by atoms with van der Waals surface area (Å²) in [5.74, 6) is 0.696. The molecule has 0 aliphatic heterocycles. The fourth-order valence-electron chi connectivity index (χ4n) is 2.65. The average molecular weight is 300 g/mol. The van der Waals surface area contributed by atoms with Crippen molar-refractivity contribution in [2.75, 3.05) is 6.54 Å². The first kappa shape index (κ1) is 15.5. The molecule has 1 fully saturated rings. The van der Waals surface area contributed by atoms with Gasteiger partial charge in [-0.3, -0.25) is 0 Å². The summed E-state index contributed by atoms with van der Waals surface area (Å²) < 4.78 is 27.3. The summed E-state index contributed by atoms with van der Waals surface area (Å²) in [6.07, 6.45) is 5.89. The molecular weight excluding hydrogens is 276 g/mol. The van der Waals surface area contributed by atoms with Crippen LogP contribution in [0.2, 0.25) is 0 Å². The van der Waals surface area contributed by atoms with E-state index >= 15 is 0 Å². The Hall–Kier alpha value is -0.920. The van der Waals surface area contributed by atoms with Crippen LogP contribution >= 0.6 is 0 Å². The number of imidazole rings is 1. The Morgan fingerprint density at radius 2 is 1.90 bits per heavy atom. The first-order valence-corrected chi connectivity index (χ1v) is 8.83. The molecule has 2 rings (SSSR count). The summed E-state index contributed by atoms with van der Waals surface area (Å²) in [5, 5.41) is 3.59. The SMILES string of the molecule is CCNC1CCC(NS(=O)(=O)c2cnc(CC)[nH]2)CC1. The number of nitrogens with zero attached hydrogens (tertiary/aromatic N) is 1. The van der Waals surface area contributed by atoms with Gasteiger partial charge < -0.3 is 10.3 Å². The summed E-state index contributed by atoms with van der Waals surface area (Å²) in [4.78, 5) is 6.89. The predicted octanol–water partition coefficient (Wildman–Crippen LogP) is 1.17. The van der Waals surface area contributed by atoms with Gasteiger partial charge in [0, 0.05) is 18.5 Å². The van der Waals surface area contributed by atoms with Crippen molar-refractivity contribution in [1.29, 1.82) is 0 Å². The molecule has 114 valence electrons. The van der Waals surface area contributed by atoms with Crippen LogP contribution in [0.15, 0.2) is 11.2 Å². The molecule has 0 saturated heterocycles. The molecule has 0 unspecified atom stereocenters. The zero-order valence-corrected chi connectivity index (χ0v) is 13.0. The van der Waals surface area contributed by atoms with Crippen molar-refractivity contribution in [3.8, 4) is 0 Å². The van der Waals surface area contributed by atoms with E-state index in [9.17, 15) is 8.42 Å². The van der Waals surface area contributed by atoms with Gasteiger partial charge in [-0.05, 0) is 32.2 Å². The zero-order chi connectivity index (χ0) is 14.6. The number of aryl methyl sites for hydroxylation is 1. The Balaban J connectivity index is 1.92. The Morgan fingerprint density at radius 1 is 1.25 bits per heavy atom. The highest BCUT2D eigenvalue weighted by Gasteiger charge is 2.26. The largest absolute Gasteiger partial charge is 0.332 e. The van der Waals surface area contributed by atoms with Crippen molar-refractivity contribution in [2.24, 2.45) is 0 Å². The molecule has 7 heteroatoms. The highest BCUT2D eigenvalue weighted by molar-refractivity contribution is 7.89. The number of hydrogen-bond acceptors (Lipinski definition) is 4. The summed E-state index contributed by atoms with van der Waals surface area (Å²) in [6.45, 7) is 5.00. The van der Waals surface area contributed by atoms with Crippen molar-refractivity contribution < 1.29 is 8.42 Å². The Kier molecular flexibility index (Phi) is 5.17. The van der Waals surface area contributed by atoms with Crippen molar-refractivity contribution in [2.45, 2.75) is 63.1 Å². The van der Waals surface area contributed by atoms with Crippen LogP contribution in [0, 0.1) is 0 Å². The molecule has 1 aliphatic rings. The van der Waals surface area contributed by atoms with Gasteiger partial charge in [-0.25, -0.2) is 18.1 Å². The highest BCUT2D eigenvalue weighted by Crippen LogP contribution is 2.20. The van der Waals surface area contributed by atoms with Crippen molar-refractivity contribution >= 4 is 10.0 Å². The molecule has 0 spiro atoms.